The zero-order chi connectivity index (χ0) is 33.4. The summed E-state index contributed by atoms with van der Waals surface area (Å²) in [5, 5.41) is 2.86. The second kappa shape index (κ2) is 18.8. The van der Waals surface area contributed by atoms with Crippen molar-refractivity contribution >= 4 is 17.7 Å². The molecule has 0 aliphatic rings. The minimum atomic E-state index is -0.834. The Bertz CT molecular complexity index is 1300. The van der Waals surface area contributed by atoms with Gasteiger partial charge in [-0.1, -0.05) is 69.7 Å². The van der Waals surface area contributed by atoms with E-state index in [4.69, 9.17) is 14.2 Å². The highest BCUT2D eigenvalue weighted by Gasteiger charge is 2.29. The lowest BCUT2D eigenvalue weighted by molar-refractivity contribution is -0.120. The van der Waals surface area contributed by atoms with Gasteiger partial charge in [0, 0.05) is 25.2 Å². The molecule has 250 valence electrons. The van der Waals surface area contributed by atoms with Gasteiger partial charge in [0.25, 0.3) is 0 Å². The molecule has 0 heterocycles. The van der Waals surface area contributed by atoms with Crippen LogP contribution in [-0.2, 0) is 22.6 Å². The van der Waals surface area contributed by atoms with E-state index in [-0.39, 0.29) is 5.91 Å². The molecular weight excluding hydrogens is 578 g/mol. The molecule has 3 aromatic rings. The maximum Gasteiger partial charge on any atom is 0.408 e. The quantitative estimate of drug-likeness (QED) is 0.145. The van der Waals surface area contributed by atoms with E-state index in [9.17, 15) is 9.59 Å². The number of nitrogens with one attached hydrogen (secondary N) is 1. The molecule has 0 unspecified atom stereocenters. The lowest BCUT2D eigenvalue weighted by Crippen LogP contribution is -2.51. The molecule has 3 rings (SSSR count). The van der Waals surface area contributed by atoms with Crippen molar-refractivity contribution in [3.63, 3.8) is 0 Å². The minimum absolute atomic E-state index is 0.198. The summed E-state index contributed by atoms with van der Waals surface area (Å²) in [6.07, 6.45) is 2.36. The van der Waals surface area contributed by atoms with E-state index in [2.05, 4.69) is 31.0 Å². The Kier molecular flexibility index (Phi) is 14.9. The largest absolute Gasteiger partial charge is 0.494 e. The summed E-state index contributed by atoms with van der Waals surface area (Å²) in [6, 6.07) is 24.4. The number of alkyl carbamates (subject to hydrolysis) is 1. The summed E-state index contributed by atoms with van der Waals surface area (Å²) in [6.45, 7) is 16.5. The molecule has 0 saturated heterocycles. The number of carbonyl (C=O) groups excluding carboxylic acids is 2. The second-order valence-electron chi connectivity index (χ2n) is 12.4. The first-order valence-corrected chi connectivity index (χ1v) is 16.6. The van der Waals surface area contributed by atoms with Gasteiger partial charge < -0.3 is 29.3 Å². The predicted octanol–water partition coefficient (Wildman–Crippen LogP) is 7.65. The van der Waals surface area contributed by atoms with Crippen molar-refractivity contribution in [3.05, 3.63) is 90.0 Å². The molecule has 0 aromatic heterocycles. The van der Waals surface area contributed by atoms with Crippen molar-refractivity contribution in [2.24, 2.45) is 0 Å². The summed E-state index contributed by atoms with van der Waals surface area (Å²) < 4.78 is 17.5. The fraction of sp³-hybridized carbons (Fsp3) is 0.474. The van der Waals surface area contributed by atoms with Crippen LogP contribution in [0.4, 0.5) is 10.5 Å². The molecule has 0 aliphatic heterocycles. The number of unbranched alkanes of at least 4 members (excludes halogenated alkanes) is 1. The van der Waals surface area contributed by atoms with Crippen molar-refractivity contribution in [2.45, 2.75) is 85.5 Å². The maximum absolute atomic E-state index is 14.2. The highest BCUT2D eigenvalue weighted by molar-refractivity contribution is 5.99. The van der Waals surface area contributed by atoms with E-state index in [1.54, 1.807) is 25.7 Å². The molecule has 2 amide bonds. The molecule has 0 fully saturated rings. The Morgan fingerprint density at radius 2 is 1.39 bits per heavy atom. The monoisotopic (exact) mass is 631 g/mol. The number of carbonyl (C=O) groups is 2. The topological polar surface area (TPSA) is 80.3 Å². The van der Waals surface area contributed by atoms with Crippen LogP contribution in [0, 0.1) is 0 Å². The molecule has 0 radical (unpaired) electrons. The van der Waals surface area contributed by atoms with Crippen molar-refractivity contribution in [3.8, 4) is 11.5 Å². The average molecular weight is 632 g/mol. The maximum atomic E-state index is 14.2. The standard InChI is InChI=1S/C38H53N3O5/c1-7-10-26-41(32-19-23-33(24-20-32)44-27-14-25-40(8-2)9-3)36(42)35(39-37(43)46-38(4,5)6)28-30-17-21-34(22-18-30)45-29-31-15-12-11-13-16-31/h11-13,15-24,35H,7-10,14,25-29H2,1-6H3,(H,39,43)/t35-/m1/s1. The molecule has 46 heavy (non-hydrogen) atoms. The summed E-state index contributed by atoms with van der Waals surface area (Å²) in [5.41, 5.74) is 2.04. The van der Waals surface area contributed by atoms with Crippen LogP contribution in [-0.4, -0.2) is 61.3 Å². The van der Waals surface area contributed by atoms with E-state index in [0.29, 0.717) is 26.2 Å². The third-order valence-electron chi connectivity index (χ3n) is 7.53. The van der Waals surface area contributed by atoms with Gasteiger partial charge in [0.1, 0.15) is 29.7 Å². The molecule has 3 aromatic carbocycles. The SMILES string of the molecule is CCCCN(C(=O)[C@@H](Cc1ccc(OCc2ccccc2)cc1)NC(=O)OC(C)(C)C)c1ccc(OCCCN(CC)CC)cc1. The van der Waals surface area contributed by atoms with Crippen LogP contribution in [0.1, 0.15) is 71.9 Å². The van der Waals surface area contributed by atoms with Crippen LogP contribution in [0.25, 0.3) is 0 Å². The fourth-order valence-electron chi connectivity index (χ4n) is 4.96. The number of rotatable bonds is 18. The summed E-state index contributed by atoms with van der Waals surface area (Å²) in [5.74, 6) is 1.30. The van der Waals surface area contributed by atoms with Crippen LogP contribution in [0.5, 0.6) is 11.5 Å². The third-order valence-corrected chi connectivity index (χ3v) is 7.53. The third kappa shape index (κ3) is 12.8. The molecular formula is C38H53N3O5. The predicted molar refractivity (Wildman–Crippen MR) is 186 cm³/mol. The van der Waals surface area contributed by atoms with E-state index in [1.807, 2.05) is 78.9 Å². The Balaban J connectivity index is 1.74. The van der Waals surface area contributed by atoms with Gasteiger partial charge in [-0.3, -0.25) is 4.79 Å². The van der Waals surface area contributed by atoms with E-state index in [0.717, 1.165) is 67.2 Å². The van der Waals surface area contributed by atoms with Crippen LogP contribution in [0.15, 0.2) is 78.9 Å². The molecule has 0 aliphatic carbocycles. The lowest BCUT2D eigenvalue weighted by atomic mass is 10.0. The van der Waals surface area contributed by atoms with Gasteiger partial charge in [0.05, 0.1) is 6.61 Å². The first kappa shape index (κ1) is 36.4. The molecule has 0 spiro atoms. The van der Waals surface area contributed by atoms with Crippen LogP contribution >= 0.6 is 0 Å². The average Bonchev–Trinajstić information content (AvgIpc) is 3.04. The van der Waals surface area contributed by atoms with E-state index >= 15 is 0 Å². The highest BCUT2D eigenvalue weighted by Crippen LogP contribution is 2.23. The van der Waals surface area contributed by atoms with Crippen LogP contribution in [0.3, 0.4) is 0 Å². The summed E-state index contributed by atoms with van der Waals surface area (Å²) in [4.78, 5) is 31.2. The van der Waals surface area contributed by atoms with E-state index in [1.165, 1.54) is 0 Å². The normalized spacial score (nSPS) is 12.0. The van der Waals surface area contributed by atoms with Gasteiger partial charge in [0.15, 0.2) is 0 Å². The van der Waals surface area contributed by atoms with Crippen molar-refractivity contribution < 1.29 is 23.8 Å². The van der Waals surface area contributed by atoms with Gasteiger partial charge in [-0.05, 0) is 94.2 Å². The number of amides is 2. The van der Waals surface area contributed by atoms with Crippen LogP contribution in [0.2, 0.25) is 0 Å². The van der Waals surface area contributed by atoms with Crippen LogP contribution < -0.4 is 19.7 Å². The summed E-state index contributed by atoms with van der Waals surface area (Å²) >= 11 is 0. The Labute approximate surface area is 276 Å². The van der Waals surface area contributed by atoms with Gasteiger partial charge in [-0.25, -0.2) is 4.79 Å². The van der Waals surface area contributed by atoms with Gasteiger partial charge >= 0.3 is 6.09 Å². The Morgan fingerprint density at radius 1 is 0.761 bits per heavy atom. The number of ether oxygens (including phenoxy) is 3. The first-order valence-electron chi connectivity index (χ1n) is 16.6. The van der Waals surface area contributed by atoms with E-state index < -0.39 is 17.7 Å². The summed E-state index contributed by atoms with van der Waals surface area (Å²) in [7, 11) is 0. The Morgan fingerprint density at radius 3 is 2.00 bits per heavy atom. The smallest absolute Gasteiger partial charge is 0.408 e. The van der Waals surface area contributed by atoms with Crippen molar-refractivity contribution in [1.82, 2.24) is 10.2 Å². The molecule has 8 nitrogen and oxygen atoms in total. The molecule has 8 heteroatoms. The lowest BCUT2D eigenvalue weighted by Gasteiger charge is -2.29. The number of hydrogen-bond donors (Lipinski definition) is 1. The number of benzene rings is 3. The van der Waals surface area contributed by atoms with Crippen molar-refractivity contribution in [1.29, 1.82) is 0 Å². The number of hydrogen-bond acceptors (Lipinski definition) is 6. The molecule has 1 N–H and O–H groups in total. The second-order valence-corrected chi connectivity index (χ2v) is 12.4. The molecule has 0 saturated carbocycles. The molecule has 0 bridgehead atoms. The zero-order valence-electron chi connectivity index (χ0n) is 28.6. The number of nitrogens with zero attached hydrogens (tertiary/aromatic N) is 2. The zero-order valence-corrected chi connectivity index (χ0v) is 28.6. The van der Waals surface area contributed by atoms with Crippen molar-refractivity contribution in [2.75, 3.05) is 37.7 Å². The first-order chi connectivity index (χ1) is 22.1. The highest BCUT2D eigenvalue weighted by atomic mass is 16.6. The fourth-order valence-corrected chi connectivity index (χ4v) is 4.96. The molecule has 1 atom stereocenters. The van der Waals surface area contributed by atoms with Gasteiger partial charge in [0.2, 0.25) is 5.91 Å². The Hall–Kier alpha value is -4.04. The minimum Gasteiger partial charge on any atom is -0.494 e. The van der Waals surface area contributed by atoms with Gasteiger partial charge in [-0.2, -0.15) is 0 Å². The number of anilines is 1. The van der Waals surface area contributed by atoms with Gasteiger partial charge in [-0.15, -0.1) is 0 Å².